The Kier molecular flexibility index (Phi) is 8.13. The molecule has 2 aromatic carbocycles. The standard InChI is InChI=1S/C29H28N4O4S2/c1-4-14-33-26(22-15-21(22)18-8-6-5-7-9-18)31-32-29(33)39-17-24(34)30-27-25(28(35)37-3)23(16-38-27)19-10-12-20(36-2)13-11-19/h4-13,16,21-22H,1,14-15,17H2,2-3H3,(H,30,34). The third-order valence-electron chi connectivity index (χ3n) is 6.57. The first-order valence-electron chi connectivity index (χ1n) is 12.4. The number of amides is 1. The number of aromatic nitrogens is 3. The second-order valence-electron chi connectivity index (χ2n) is 9.01. The Morgan fingerprint density at radius 1 is 1.13 bits per heavy atom. The highest BCUT2D eigenvalue weighted by molar-refractivity contribution is 7.99. The summed E-state index contributed by atoms with van der Waals surface area (Å²) in [6, 6.07) is 17.8. The molecule has 10 heteroatoms. The van der Waals surface area contributed by atoms with Crippen molar-refractivity contribution < 1.29 is 19.1 Å². The van der Waals surface area contributed by atoms with Gasteiger partial charge in [-0.2, -0.15) is 0 Å². The quantitative estimate of drug-likeness (QED) is 0.137. The predicted octanol–water partition coefficient (Wildman–Crippen LogP) is 5.99. The molecule has 1 aliphatic carbocycles. The lowest BCUT2D eigenvalue weighted by molar-refractivity contribution is -0.113. The van der Waals surface area contributed by atoms with Crippen LogP contribution in [0.15, 0.2) is 77.8 Å². The molecule has 5 rings (SSSR count). The molecule has 4 aromatic rings. The fraction of sp³-hybridized carbons (Fsp3) is 0.241. The molecule has 1 saturated carbocycles. The predicted molar refractivity (Wildman–Crippen MR) is 154 cm³/mol. The first kappa shape index (κ1) is 26.7. The van der Waals surface area contributed by atoms with E-state index in [9.17, 15) is 9.59 Å². The topological polar surface area (TPSA) is 95.3 Å². The van der Waals surface area contributed by atoms with Crippen LogP contribution in [0.2, 0.25) is 0 Å². The van der Waals surface area contributed by atoms with Crippen LogP contribution in [0.4, 0.5) is 5.00 Å². The van der Waals surface area contributed by atoms with Crippen molar-refractivity contribution in [3.05, 3.63) is 89.6 Å². The molecule has 2 atom stereocenters. The molecular weight excluding hydrogens is 532 g/mol. The van der Waals surface area contributed by atoms with E-state index in [4.69, 9.17) is 9.47 Å². The molecule has 0 saturated heterocycles. The minimum Gasteiger partial charge on any atom is -0.497 e. The number of thiophene rings is 1. The lowest BCUT2D eigenvalue weighted by Crippen LogP contribution is -2.16. The van der Waals surface area contributed by atoms with Gasteiger partial charge in [-0.25, -0.2) is 4.79 Å². The Balaban J connectivity index is 1.28. The second-order valence-corrected chi connectivity index (χ2v) is 10.8. The number of thioether (sulfide) groups is 1. The largest absolute Gasteiger partial charge is 0.497 e. The zero-order valence-electron chi connectivity index (χ0n) is 21.6. The number of allylic oxidation sites excluding steroid dienone is 1. The molecule has 200 valence electrons. The molecule has 1 amide bonds. The second kappa shape index (κ2) is 11.9. The van der Waals surface area contributed by atoms with Crippen molar-refractivity contribution in [1.29, 1.82) is 0 Å². The third-order valence-corrected chi connectivity index (χ3v) is 8.44. The first-order chi connectivity index (χ1) is 19.0. The van der Waals surface area contributed by atoms with E-state index in [1.54, 1.807) is 7.11 Å². The lowest BCUT2D eigenvalue weighted by Gasteiger charge is -2.09. The maximum absolute atomic E-state index is 13.0. The van der Waals surface area contributed by atoms with Gasteiger partial charge in [0.2, 0.25) is 5.91 Å². The maximum Gasteiger partial charge on any atom is 0.341 e. The first-order valence-corrected chi connectivity index (χ1v) is 14.3. The number of nitrogens with one attached hydrogen (secondary N) is 1. The van der Waals surface area contributed by atoms with Gasteiger partial charge in [-0.05, 0) is 35.6 Å². The van der Waals surface area contributed by atoms with E-state index in [0.717, 1.165) is 17.8 Å². The van der Waals surface area contributed by atoms with E-state index < -0.39 is 5.97 Å². The van der Waals surface area contributed by atoms with Gasteiger partial charge in [0.25, 0.3) is 0 Å². The Labute approximate surface area is 235 Å². The molecule has 8 nitrogen and oxygen atoms in total. The van der Waals surface area contributed by atoms with Crippen molar-refractivity contribution in [3.63, 3.8) is 0 Å². The van der Waals surface area contributed by atoms with Crippen LogP contribution in [0.25, 0.3) is 11.1 Å². The molecule has 0 aliphatic heterocycles. The number of hydrogen-bond donors (Lipinski definition) is 1. The fourth-order valence-electron chi connectivity index (χ4n) is 4.56. The van der Waals surface area contributed by atoms with Gasteiger partial charge >= 0.3 is 5.97 Å². The number of methoxy groups -OCH3 is 2. The zero-order chi connectivity index (χ0) is 27.4. The van der Waals surface area contributed by atoms with Crippen molar-refractivity contribution in [2.75, 3.05) is 25.3 Å². The number of carbonyl (C=O) groups is 2. The molecular formula is C29H28N4O4S2. The molecule has 0 radical (unpaired) electrons. The summed E-state index contributed by atoms with van der Waals surface area (Å²) in [5, 5.41) is 14.7. The van der Waals surface area contributed by atoms with Crippen LogP contribution in [-0.2, 0) is 16.1 Å². The summed E-state index contributed by atoms with van der Waals surface area (Å²) < 4.78 is 12.3. The van der Waals surface area contributed by atoms with Gasteiger partial charge in [0, 0.05) is 23.4 Å². The van der Waals surface area contributed by atoms with Crippen LogP contribution in [-0.4, -0.2) is 46.6 Å². The number of rotatable bonds is 11. The molecule has 2 unspecified atom stereocenters. The molecule has 1 aliphatic rings. The Bertz CT molecular complexity index is 1480. The molecule has 1 fully saturated rings. The summed E-state index contributed by atoms with van der Waals surface area (Å²) in [5.74, 6) is 1.70. The van der Waals surface area contributed by atoms with Crippen molar-refractivity contribution >= 4 is 40.0 Å². The van der Waals surface area contributed by atoms with Crippen LogP contribution in [0.1, 0.15) is 40.0 Å². The summed E-state index contributed by atoms with van der Waals surface area (Å²) in [5.41, 5.74) is 3.13. The Morgan fingerprint density at radius 2 is 1.90 bits per heavy atom. The SMILES string of the molecule is C=CCn1c(SCC(=O)Nc2scc(-c3ccc(OC)cc3)c2C(=O)OC)nnc1C1CC1c1ccccc1. The highest BCUT2D eigenvalue weighted by Crippen LogP contribution is 2.54. The molecule has 0 spiro atoms. The van der Waals surface area contributed by atoms with Crippen LogP contribution in [0.5, 0.6) is 5.75 Å². The van der Waals surface area contributed by atoms with Gasteiger partial charge < -0.3 is 19.4 Å². The number of ether oxygens (including phenoxy) is 2. The van der Waals surface area contributed by atoms with Crippen molar-refractivity contribution in [2.24, 2.45) is 0 Å². The highest BCUT2D eigenvalue weighted by atomic mass is 32.2. The number of esters is 1. The van der Waals surface area contributed by atoms with Gasteiger partial charge in [-0.1, -0.05) is 60.3 Å². The zero-order valence-corrected chi connectivity index (χ0v) is 23.3. The van der Waals surface area contributed by atoms with Gasteiger partial charge in [0.1, 0.15) is 22.1 Å². The highest BCUT2D eigenvalue weighted by Gasteiger charge is 2.43. The maximum atomic E-state index is 13.0. The van der Waals surface area contributed by atoms with E-state index in [0.29, 0.717) is 45.4 Å². The van der Waals surface area contributed by atoms with Gasteiger partial charge in [-0.15, -0.1) is 28.1 Å². The lowest BCUT2D eigenvalue weighted by atomic mass is 10.0. The summed E-state index contributed by atoms with van der Waals surface area (Å²) in [6.07, 6.45) is 2.83. The molecule has 2 heterocycles. The van der Waals surface area contributed by atoms with Crippen molar-refractivity contribution in [1.82, 2.24) is 14.8 Å². The molecule has 39 heavy (non-hydrogen) atoms. The average molecular weight is 561 g/mol. The minimum atomic E-state index is -0.516. The van der Waals surface area contributed by atoms with Crippen LogP contribution in [0.3, 0.4) is 0 Å². The summed E-state index contributed by atoms with van der Waals surface area (Å²) >= 11 is 2.59. The summed E-state index contributed by atoms with van der Waals surface area (Å²) in [4.78, 5) is 25.6. The van der Waals surface area contributed by atoms with Crippen molar-refractivity contribution in [2.45, 2.75) is 30.0 Å². The van der Waals surface area contributed by atoms with E-state index in [-0.39, 0.29) is 11.7 Å². The van der Waals surface area contributed by atoms with Crippen LogP contribution in [0, 0.1) is 0 Å². The number of hydrogen-bond acceptors (Lipinski definition) is 8. The minimum absolute atomic E-state index is 0.110. The average Bonchev–Trinajstić information content (AvgIpc) is 3.50. The number of anilines is 1. The van der Waals surface area contributed by atoms with E-state index in [1.165, 1.54) is 35.8 Å². The van der Waals surface area contributed by atoms with Gasteiger partial charge in [0.15, 0.2) is 5.16 Å². The van der Waals surface area contributed by atoms with Crippen LogP contribution >= 0.6 is 23.1 Å². The van der Waals surface area contributed by atoms with E-state index in [1.807, 2.05) is 46.4 Å². The van der Waals surface area contributed by atoms with E-state index in [2.05, 4.69) is 46.4 Å². The Hall–Kier alpha value is -3.89. The smallest absolute Gasteiger partial charge is 0.341 e. The summed E-state index contributed by atoms with van der Waals surface area (Å²) in [6.45, 7) is 4.45. The van der Waals surface area contributed by atoms with E-state index >= 15 is 0 Å². The van der Waals surface area contributed by atoms with Crippen LogP contribution < -0.4 is 10.1 Å². The normalized spacial score (nSPS) is 15.9. The number of benzene rings is 2. The fourth-order valence-corrected chi connectivity index (χ4v) is 6.29. The summed E-state index contributed by atoms with van der Waals surface area (Å²) in [7, 11) is 2.92. The molecule has 0 bridgehead atoms. The Morgan fingerprint density at radius 3 is 2.59 bits per heavy atom. The molecule has 1 N–H and O–H groups in total. The molecule has 2 aromatic heterocycles. The number of nitrogens with zero attached hydrogens (tertiary/aromatic N) is 3. The third kappa shape index (κ3) is 5.76. The van der Waals surface area contributed by atoms with Gasteiger partial charge in [0.05, 0.1) is 20.0 Å². The van der Waals surface area contributed by atoms with Gasteiger partial charge in [-0.3, -0.25) is 4.79 Å². The number of carbonyl (C=O) groups excluding carboxylic acids is 2. The van der Waals surface area contributed by atoms with Crippen molar-refractivity contribution in [3.8, 4) is 16.9 Å². The monoisotopic (exact) mass is 560 g/mol.